The first-order chi connectivity index (χ1) is 15.0. The number of carbonyl (C=O) groups excluding carboxylic acids is 1. The van der Waals surface area contributed by atoms with Crippen LogP contribution in [0.15, 0.2) is 72.3 Å². The van der Waals surface area contributed by atoms with Gasteiger partial charge in [0.2, 0.25) is 5.75 Å². The van der Waals surface area contributed by atoms with Crippen LogP contribution in [0, 0.1) is 11.3 Å². The highest BCUT2D eigenvalue weighted by atomic mass is 16.5. The molecule has 0 aliphatic heterocycles. The number of carbonyl (C=O) groups is 1. The van der Waals surface area contributed by atoms with E-state index >= 15 is 0 Å². The summed E-state index contributed by atoms with van der Waals surface area (Å²) < 4.78 is 16.1. The molecule has 0 spiro atoms. The predicted molar refractivity (Wildman–Crippen MR) is 116 cm³/mol. The van der Waals surface area contributed by atoms with Crippen LogP contribution in [0.4, 0.5) is 5.69 Å². The van der Waals surface area contributed by atoms with Crippen LogP contribution in [0.2, 0.25) is 0 Å². The molecule has 0 aromatic heterocycles. The highest BCUT2D eigenvalue weighted by molar-refractivity contribution is 6.10. The number of anilines is 1. The quantitative estimate of drug-likeness (QED) is 0.426. The number of methoxy groups -OCH3 is 2. The Kier molecular flexibility index (Phi) is 6.76. The van der Waals surface area contributed by atoms with Gasteiger partial charge in [0.15, 0.2) is 17.2 Å². The summed E-state index contributed by atoms with van der Waals surface area (Å²) in [5, 5.41) is 22.3. The lowest BCUT2D eigenvalue weighted by Gasteiger charge is -2.12. The lowest BCUT2D eigenvalue weighted by Crippen LogP contribution is -2.14. The number of hydrogen-bond acceptors (Lipinski definition) is 6. The third kappa shape index (κ3) is 5.14. The number of hydrogen-bond donors (Lipinski definition) is 2. The second kappa shape index (κ2) is 9.85. The number of para-hydroxylation sites is 3. The number of benzene rings is 3. The average molecular weight is 416 g/mol. The summed E-state index contributed by atoms with van der Waals surface area (Å²) in [6, 6.07) is 21.0. The molecule has 3 aromatic rings. The maximum Gasteiger partial charge on any atom is 0.266 e. The van der Waals surface area contributed by atoms with Crippen molar-refractivity contribution < 1.29 is 24.1 Å². The van der Waals surface area contributed by atoms with Gasteiger partial charge >= 0.3 is 0 Å². The zero-order valence-electron chi connectivity index (χ0n) is 17.0. The van der Waals surface area contributed by atoms with Crippen LogP contribution in [0.5, 0.6) is 28.7 Å². The van der Waals surface area contributed by atoms with E-state index in [0.29, 0.717) is 22.7 Å². The number of nitriles is 1. The molecule has 7 nitrogen and oxygen atoms in total. The van der Waals surface area contributed by atoms with Gasteiger partial charge < -0.3 is 24.6 Å². The van der Waals surface area contributed by atoms with Gasteiger partial charge in [-0.15, -0.1) is 0 Å². The highest BCUT2D eigenvalue weighted by Crippen LogP contribution is 2.37. The Morgan fingerprint density at radius 1 is 0.968 bits per heavy atom. The SMILES string of the molecule is COc1cc(/C=C(\C#N)C(=O)Nc2ccccc2Oc2ccccc2)cc(OC)c1O. The number of rotatable bonds is 7. The maximum absolute atomic E-state index is 12.8. The van der Waals surface area contributed by atoms with Crippen LogP contribution in [-0.4, -0.2) is 25.2 Å². The predicted octanol–water partition coefficient (Wildman–Crippen LogP) is 4.75. The summed E-state index contributed by atoms with van der Waals surface area (Å²) in [4.78, 5) is 12.8. The molecule has 0 bridgehead atoms. The summed E-state index contributed by atoms with van der Waals surface area (Å²) in [6.07, 6.45) is 1.38. The molecule has 0 atom stereocenters. The summed E-state index contributed by atoms with van der Waals surface area (Å²) in [5.41, 5.74) is 0.717. The topological polar surface area (TPSA) is 101 Å². The number of phenols is 1. The second-order valence-corrected chi connectivity index (χ2v) is 6.31. The van der Waals surface area contributed by atoms with Crippen LogP contribution in [0.1, 0.15) is 5.56 Å². The molecule has 3 aromatic carbocycles. The molecule has 0 radical (unpaired) electrons. The third-order valence-corrected chi connectivity index (χ3v) is 4.28. The smallest absolute Gasteiger partial charge is 0.266 e. The summed E-state index contributed by atoms with van der Waals surface area (Å²) in [5.74, 6) is 0.584. The number of nitrogens with zero attached hydrogens (tertiary/aromatic N) is 1. The number of amides is 1. The zero-order valence-corrected chi connectivity index (χ0v) is 17.0. The van der Waals surface area contributed by atoms with Crippen LogP contribution in [-0.2, 0) is 4.79 Å². The molecule has 0 heterocycles. The van der Waals surface area contributed by atoms with Gasteiger partial charge in [-0.3, -0.25) is 4.79 Å². The van der Waals surface area contributed by atoms with Crippen LogP contribution in [0.25, 0.3) is 6.08 Å². The molecule has 7 heteroatoms. The van der Waals surface area contributed by atoms with E-state index in [9.17, 15) is 15.2 Å². The lowest BCUT2D eigenvalue weighted by atomic mass is 10.1. The normalized spacial score (nSPS) is 10.7. The standard InChI is InChI=1S/C24H20N2O5/c1-29-21-13-16(14-22(30-2)23(21)27)12-17(15-25)24(28)26-19-10-6-7-11-20(19)31-18-8-4-3-5-9-18/h3-14,27H,1-2H3,(H,26,28)/b17-12+. The van der Waals surface area contributed by atoms with Crippen molar-refractivity contribution in [3.8, 4) is 34.8 Å². The minimum Gasteiger partial charge on any atom is -0.502 e. The van der Waals surface area contributed by atoms with E-state index in [1.807, 2.05) is 24.3 Å². The fourth-order valence-electron chi connectivity index (χ4n) is 2.78. The Bertz CT molecular complexity index is 1130. The zero-order chi connectivity index (χ0) is 22.2. The van der Waals surface area contributed by atoms with Crippen molar-refractivity contribution in [2.45, 2.75) is 0 Å². The van der Waals surface area contributed by atoms with Crippen LogP contribution < -0.4 is 19.5 Å². The van der Waals surface area contributed by atoms with E-state index in [-0.39, 0.29) is 22.8 Å². The monoisotopic (exact) mass is 416 g/mol. The van der Waals surface area contributed by atoms with Crippen molar-refractivity contribution in [1.82, 2.24) is 0 Å². The summed E-state index contributed by atoms with van der Waals surface area (Å²) in [6.45, 7) is 0. The van der Waals surface area contributed by atoms with E-state index in [0.717, 1.165) is 0 Å². The largest absolute Gasteiger partial charge is 0.502 e. The molecule has 0 fully saturated rings. The summed E-state index contributed by atoms with van der Waals surface area (Å²) in [7, 11) is 2.78. The van der Waals surface area contributed by atoms with Gasteiger partial charge in [0.25, 0.3) is 5.91 Å². The van der Waals surface area contributed by atoms with Gasteiger partial charge in [-0.25, -0.2) is 0 Å². The molecule has 0 saturated carbocycles. The average Bonchev–Trinajstić information content (AvgIpc) is 2.80. The highest BCUT2D eigenvalue weighted by Gasteiger charge is 2.15. The number of aromatic hydroxyl groups is 1. The van der Waals surface area contributed by atoms with Crippen LogP contribution >= 0.6 is 0 Å². The number of phenolic OH excluding ortho intramolecular Hbond substituents is 1. The fraction of sp³-hybridized carbons (Fsp3) is 0.0833. The van der Waals surface area contributed by atoms with E-state index in [2.05, 4.69) is 5.32 Å². The van der Waals surface area contributed by atoms with Crippen molar-refractivity contribution >= 4 is 17.7 Å². The Labute approximate surface area is 179 Å². The van der Waals surface area contributed by atoms with Crippen molar-refractivity contribution in [2.75, 3.05) is 19.5 Å². The van der Waals surface area contributed by atoms with Gasteiger partial charge in [0.05, 0.1) is 19.9 Å². The van der Waals surface area contributed by atoms with E-state index in [4.69, 9.17) is 14.2 Å². The third-order valence-electron chi connectivity index (χ3n) is 4.28. The van der Waals surface area contributed by atoms with Crippen molar-refractivity contribution in [1.29, 1.82) is 5.26 Å². The van der Waals surface area contributed by atoms with E-state index in [1.54, 1.807) is 36.4 Å². The first kappa shape index (κ1) is 21.3. The van der Waals surface area contributed by atoms with Crippen molar-refractivity contribution in [2.24, 2.45) is 0 Å². The molecule has 0 aliphatic rings. The molecular formula is C24H20N2O5. The Morgan fingerprint density at radius 3 is 2.19 bits per heavy atom. The Balaban J connectivity index is 1.87. The first-order valence-corrected chi connectivity index (χ1v) is 9.25. The number of ether oxygens (including phenoxy) is 3. The molecule has 0 aliphatic carbocycles. The molecule has 3 rings (SSSR count). The lowest BCUT2D eigenvalue weighted by molar-refractivity contribution is -0.112. The first-order valence-electron chi connectivity index (χ1n) is 9.25. The van der Waals surface area contributed by atoms with Crippen molar-refractivity contribution in [3.63, 3.8) is 0 Å². The maximum atomic E-state index is 12.8. The van der Waals surface area contributed by atoms with Gasteiger partial charge in [-0.1, -0.05) is 30.3 Å². The molecule has 2 N–H and O–H groups in total. The molecule has 0 unspecified atom stereocenters. The second-order valence-electron chi connectivity index (χ2n) is 6.31. The van der Waals surface area contributed by atoms with E-state index in [1.165, 1.54) is 32.4 Å². The summed E-state index contributed by atoms with van der Waals surface area (Å²) >= 11 is 0. The molecule has 1 amide bonds. The van der Waals surface area contributed by atoms with Gasteiger partial charge in [-0.05, 0) is 48.0 Å². The minimum absolute atomic E-state index is 0.149. The molecule has 0 saturated heterocycles. The van der Waals surface area contributed by atoms with Gasteiger partial charge in [-0.2, -0.15) is 5.26 Å². The fourth-order valence-corrected chi connectivity index (χ4v) is 2.78. The Morgan fingerprint density at radius 2 is 1.58 bits per heavy atom. The Hall–Kier alpha value is -4.44. The van der Waals surface area contributed by atoms with E-state index < -0.39 is 5.91 Å². The molecule has 31 heavy (non-hydrogen) atoms. The minimum atomic E-state index is -0.613. The number of nitrogens with one attached hydrogen (secondary N) is 1. The van der Waals surface area contributed by atoms with Crippen LogP contribution in [0.3, 0.4) is 0 Å². The van der Waals surface area contributed by atoms with Gasteiger partial charge in [0.1, 0.15) is 17.4 Å². The molecular weight excluding hydrogens is 396 g/mol. The van der Waals surface area contributed by atoms with Gasteiger partial charge in [0, 0.05) is 0 Å². The molecule has 156 valence electrons. The van der Waals surface area contributed by atoms with Crippen molar-refractivity contribution in [3.05, 3.63) is 77.9 Å².